The first-order valence-corrected chi connectivity index (χ1v) is 7.67. The molecule has 0 aliphatic heterocycles. The van der Waals surface area contributed by atoms with Gasteiger partial charge in [-0.25, -0.2) is 17.8 Å². The Balaban J connectivity index is 2.42. The monoisotopic (exact) mass is 321 g/mol. The van der Waals surface area contributed by atoms with Crippen LogP contribution in [0.15, 0.2) is 23.2 Å². The molecule has 0 spiro atoms. The smallest absolute Gasteiger partial charge is 0.265 e. The van der Waals surface area contributed by atoms with Gasteiger partial charge in [0.15, 0.2) is 5.13 Å². The predicted octanol–water partition coefficient (Wildman–Crippen LogP) is 2.63. The highest BCUT2D eigenvalue weighted by atomic mass is 35.5. The molecule has 0 fully saturated rings. The van der Waals surface area contributed by atoms with Crippen LogP contribution in [0.25, 0.3) is 0 Å². The molecule has 5 nitrogen and oxygen atoms in total. The van der Waals surface area contributed by atoms with Gasteiger partial charge in [0.05, 0.1) is 10.7 Å². The third kappa shape index (κ3) is 2.96. The number of hydrogen-bond donors (Lipinski definition) is 2. The molecule has 19 heavy (non-hydrogen) atoms. The lowest BCUT2D eigenvalue weighted by atomic mass is 10.3. The number of thiazole rings is 1. The molecule has 0 aliphatic rings. The molecular formula is C10H9ClFN3O2S2. The molecule has 2 aromatic rings. The summed E-state index contributed by atoms with van der Waals surface area (Å²) < 4.78 is 39.6. The minimum absolute atomic E-state index is 0.205. The highest BCUT2D eigenvalue weighted by Crippen LogP contribution is 2.28. The molecule has 0 radical (unpaired) electrons. The average Bonchev–Trinajstić information content (AvgIpc) is 2.68. The van der Waals surface area contributed by atoms with Gasteiger partial charge in [0.1, 0.15) is 10.7 Å². The molecule has 0 amide bonds. The van der Waals surface area contributed by atoms with E-state index >= 15 is 0 Å². The van der Waals surface area contributed by atoms with E-state index in [0.29, 0.717) is 0 Å². The van der Waals surface area contributed by atoms with Gasteiger partial charge in [-0.3, -0.25) is 4.72 Å². The van der Waals surface area contributed by atoms with Crippen LogP contribution in [0.5, 0.6) is 0 Å². The normalized spacial score (nSPS) is 11.5. The van der Waals surface area contributed by atoms with E-state index in [9.17, 15) is 12.8 Å². The fourth-order valence-electron chi connectivity index (χ4n) is 1.32. The van der Waals surface area contributed by atoms with E-state index in [1.165, 1.54) is 17.5 Å². The van der Waals surface area contributed by atoms with Crippen LogP contribution in [0.2, 0.25) is 5.02 Å². The van der Waals surface area contributed by atoms with Crippen LogP contribution >= 0.6 is 22.9 Å². The Morgan fingerprint density at radius 2 is 2.16 bits per heavy atom. The van der Waals surface area contributed by atoms with Gasteiger partial charge in [0.2, 0.25) is 0 Å². The van der Waals surface area contributed by atoms with E-state index in [4.69, 9.17) is 17.3 Å². The zero-order valence-electron chi connectivity index (χ0n) is 9.65. The van der Waals surface area contributed by atoms with Crippen LogP contribution in [0.3, 0.4) is 0 Å². The molecule has 0 saturated carbocycles. The number of halogens is 2. The van der Waals surface area contributed by atoms with Gasteiger partial charge >= 0.3 is 0 Å². The van der Waals surface area contributed by atoms with Crippen LogP contribution in [-0.2, 0) is 10.0 Å². The molecule has 0 atom stereocenters. The van der Waals surface area contributed by atoms with Crippen LogP contribution in [0, 0.1) is 12.7 Å². The average molecular weight is 322 g/mol. The maximum atomic E-state index is 13.1. The van der Waals surface area contributed by atoms with E-state index in [0.717, 1.165) is 17.0 Å². The first-order valence-electron chi connectivity index (χ1n) is 4.99. The Bertz CT molecular complexity index is 730. The fraction of sp³-hybridized carbons (Fsp3) is 0.100. The van der Waals surface area contributed by atoms with Crippen molar-refractivity contribution < 1.29 is 12.8 Å². The quantitative estimate of drug-likeness (QED) is 0.851. The summed E-state index contributed by atoms with van der Waals surface area (Å²) >= 11 is 6.90. The predicted molar refractivity (Wildman–Crippen MR) is 73.5 cm³/mol. The maximum absolute atomic E-state index is 13.1. The van der Waals surface area contributed by atoms with Gasteiger partial charge in [-0.1, -0.05) is 11.6 Å². The molecular weight excluding hydrogens is 313 g/mol. The minimum Gasteiger partial charge on any atom is -0.396 e. The number of sulfonamides is 1. The Morgan fingerprint density at radius 1 is 1.47 bits per heavy atom. The molecule has 2 rings (SSSR count). The van der Waals surface area contributed by atoms with E-state index in [1.807, 2.05) is 0 Å². The molecule has 0 aliphatic carbocycles. The third-order valence-electron chi connectivity index (χ3n) is 2.18. The maximum Gasteiger partial charge on any atom is 0.265 e. The molecule has 1 aromatic heterocycles. The third-order valence-corrected chi connectivity index (χ3v) is 4.94. The Kier molecular flexibility index (Phi) is 3.66. The van der Waals surface area contributed by atoms with E-state index in [1.54, 1.807) is 6.92 Å². The number of nitrogen functional groups attached to an aromatic ring is 1. The van der Waals surface area contributed by atoms with Crippen LogP contribution in [0.4, 0.5) is 15.2 Å². The Hall–Kier alpha value is -1.38. The van der Waals surface area contributed by atoms with Crippen molar-refractivity contribution in [2.75, 3.05) is 10.5 Å². The summed E-state index contributed by atoms with van der Waals surface area (Å²) in [6.07, 6.45) is 1.53. The summed E-state index contributed by atoms with van der Waals surface area (Å²) in [6.45, 7) is 1.79. The largest absolute Gasteiger partial charge is 0.396 e. The molecule has 0 bridgehead atoms. The topological polar surface area (TPSA) is 85.1 Å². The molecule has 0 saturated heterocycles. The second-order valence-corrected chi connectivity index (χ2v) is 6.98. The number of nitrogens with one attached hydrogen (secondary N) is 1. The fourth-order valence-corrected chi connectivity index (χ4v) is 3.78. The van der Waals surface area contributed by atoms with Crippen molar-refractivity contribution in [3.63, 3.8) is 0 Å². The first-order chi connectivity index (χ1) is 8.79. The number of nitrogens with zero attached hydrogens (tertiary/aromatic N) is 1. The van der Waals surface area contributed by atoms with Crippen molar-refractivity contribution in [2.24, 2.45) is 0 Å². The lowest BCUT2D eigenvalue weighted by molar-refractivity contribution is 0.600. The Labute approximate surface area is 118 Å². The van der Waals surface area contributed by atoms with Crippen molar-refractivity contribution in [1.82, 2.24) is 4.98 Å². The van der Waals surface area contributed by atoms with Gasteiger partial charge in [-0.2, -0.15) is 0 Å². The molecule has 1 aromatic carbocycles. The number of anilines is 2. The summed E-state index contributed by atoms with van der Waals surface area (Å²) in [5.74, 6) is -0.769. The van der Waals surface area contributed by atoms with Gasteiger partial charge in [-0.05, 0) is 19.1 Å². The van der Waals surface area contributed by atoms with Crippen molar-refractivity contribution >= 4 is 43.8 Å². The van der Waals surface area contributed by atoms with Crippen LogP contribution in [0.1, 0.15) is 4.88 Å². The van der Waals surface area contributed by atoms with E-state index < -0.39 is 15.8 Å². The second-order valence-electron chi connectivity index (χ2n) is 3.69. The van der Waals surface area contributed by atoms with Crippen molar-refractivity contribution in [2.45, 2.75) is 11.8 Å². The second kappa shape index (κ2) is 4.95. The van der Waals surface area contributed by atoms with Gasteiger partial charge in [0.25, 0.3) is 10.0 Å². The van der Waals surface area contributed by atoms with E-state index in [2.05, 4.69) is 9.71 Å². The molecule has 0 unspecified atom stereocenters. The Morgan fingerprint density at radius 3 is 2.74 bits per heavy atom. The molecule has 1 heterocycles. The number of aryl methyl sites for hydroxylation is 1. The number of aromatic nitrogens is 1. The molecule has 3 N–H and O–H groups in total. The number of hydrogen-bond acceptors (Lipinski definition) is 5. The highest BCUT2D eigenvalue weighted by molar-refractivity contribution is 7.93. The number of benzene rings is 1. The van der Waals surface area contributed by atoms with Crippen LogP contribution in [-0.4, -0.2) is 13.4 Å². The first kappa shape index (κ1) is 14.0. The SMILES string of the molecule is Cc1cnc(NS(=O)(=O)c2cc(N)c(F)cc2Cl)s1. The van der Waals surface area contributed by atoms with Gasteiger partial charge in [0, 0.05) is 11.1 Å². The lowest BCUT2D eigenvalue weighted by Crippen LogP contribution is -2.14. The molecule has 102 valence electrons. The zero-order valence-corrected chi connectivity index (χ0v) is 12.0. The van der Waals surface area contributed by atoms with Crippen LogP contribution < -0.4 is 10.5 Å². The van der Waals surface area contributed by atoms with E-state index in [-0.39, 0.29) is 20.7 Å². The van der Waals surface area contributed by atoms with Gasteiger partial charge in [-0.15, -0.1) is 11.3 Å². The zero-order chi connectivity index (χ0) is 14.2. The minimum atomic E-state index is -3.95. The summed E-state index contributed by atoms with van der Waals surface area (Å²) in [4.78, 5) is 4.43. The number of nitrogens with two attached hydrogens (primary N) is 1. The van der Waals surface area contributed by atoms with Crippen molar-refractivity contribution in [1.29, 1.82) is 0 Å². The summed E-state index contributed by atoms with van der Waals surface area (Å²) in [7, 11) is -3.95. The van der Waals surface area contributed by atoms with Crippen molar-refractivity contribution in [3.05, 3.63) is 34.0 Å². The van der Waals surface area contributed by atoms with Gasteiger partial charge < -0.3 is 5.73 Å². The number of rotatable bonds is 3. The molecule has 9 heteroatoms. The summed E-state index contributed by atoms with van der Waals surface area (Å²) in [6, 6.07) is 1.83. The highest BCUT2D eigenvalue weighted by Gasteiger charge is 2.21. The standard InChI is InChI=1S/C10H9ClFN3O2S2/c1-5-4-14-10(18-5)15-19(16,17)9-3-8(13)7(12)2-6(9)11/h2-4H,13H2,1H3,(H,14,15). The lowest BCUT2D eigenvalue weighted by Gasteiger charge is -2.08. The summed E-state index contributed by atoms with van der Waals surface area (Å²) in [5.41, 5.74) is 5.05. The summed E-state index contributed by atoms with van der Waals surface area (Å²) in [5, 5.41) is -0.0380. The van der Waals surface area contributed by atoms with Crippen molar-refractivity contribution in [3.8, 4) is 0 Å².